The molecule has 3 rings (SSSR count). The summed E-state index contributed by atoms with van der Waals surface area (Å²) in [6.07, 6.45) is 1.97. The number of nitrogens with zero attached hydrogens (tertiary/aromatic N) is 2. The molecule has 0 unspecified atom stereocenters. The first-order chi connectivity index (χ1) is 9.33. The molecule has 1 aromatic heterocycles. The van der Waals surface area contributed by atoms with Crippen LogP contribution in [0.2, 0.25) is 0 Å². The fourth-order valence-corrected chi connectivity index (χ4v) is 1.84. The Bertz CT molecular complexity index is 556. The van der Waals surface area contributed by atoms with Gasteiger partial charge in [-0.25, -0.2) is 0 Å². The summed E-state index contributed by atoms with van der Waals surface area (Å²) < 4.78 is 15.1. The molecule has 7 nitrogen and oxygen atoms in total. The highest BCUT2D eigenvalue weighted by molar-refractivity contribution is 5.51. The third-order valence-electron chi connectivity index (χ3n) is 2.82. The van der Waals surface area contributed by atoms with Gasteiger partial charge in [0.1, 0.15) is 5.75 Å². The Hall–Kier alpha value is -2.28. The van der Waals surface area contributed by atoms with Crippen molar-refractivity contribution >= 4 is 0 Å². The van der Waals surface area contributed by atoms with E-state index in [9.17, 15) is 5.11 Å². The fraction of sp³-hybridized carbons (Fsp3) is 0.333. The number of hydrogen-bond donors (Lipinski definition) is 2. The molecule has 7 heteroatoms. The van der Waals surface area contributed by atoms with Crippen LogP contribution >= 0.6 is 0 Å². The predicted molar refractivity (Wildman–Crippen MR) is 63.9 cm³/mol. The number of nitrogens with one attached hydrogen (secondary N) is 1. The molecule has 19 heavy (non-hydrogen) atoms. The molecule has 0 atom stereocenters. The Morgan fingerprint density at radius 1 is 1.26 bits per heavy atom. The first-order valence-corrected chi connectivity index (χ1v) is 5.90. The minimum Gasteiger partial charge on any atom is -0.507 e. The van der Waals surface area contributed by atoms with Crippen molar-refractivity contribution in [2.24, 2.45) is 0 Å². The number of aromatic nitrogens is 2. The van der Waals surface area contributed by atoms with E-state index >= 15 is 0 Å². The lowest BCUT2D eigenvalue weighted by Gasteiger charge is -2.07. The molecule has 1 aromatic carbocycles. The van der Waals surface area contributed by atoms with Crippen LogP contribution in [0.25, 0.3) is 0 Å². The quantitative estimate of drug-likeness (QED) is 0.772. The zero-order valence-corrected chi connectivity index (χ0v) is 10.1. The lowest BCUT2D eigenvalue weighted by atomic mass is 10.1. The summed E-state index contributed by atoms with van der Waals surface area (Å²) in [4.78, 5) is 3.92. The highest BCUT2D eigenvalue weighted by atomic mass is 16.7. The Morgan fingerprint density at radius 3 is 2.89 bits per heavy atom. The molecule has 100 valence electrons. The summed E-state index contributed by atoms with van der Waals surface area (Å²) in [7, 11) is 0. The largest absolute Gasteiger partial charge is 0.507 e. The average Bonchev–Trinajstić information content (AvgIpc) is 3.05. The molecule has 0 saturated carbocycles. The minimum atomic E-state index is 0.191. The van der Waals surface area contributed by atoms with Crippen molar-refractivity contribution in [3.05, 3.63) is 29.9 Å². The predicted octanol–water partition coefficient (Wildman–Crippen LogP) is 0.836. The van der Waals surface area contributed by atoms with Gasteiger partial charge in [0.05, 0.1) is 0 Å². The second kappa shape index (κ2) is 5.15. The van der Waals surface area contributed by atoms with Gasteiger partial charge in [-0.15, -0.1) is 0 Å². The van der Waals surface area contributed by atoms with Crippen molar-refractivity contribution in [2.75, 3.05) is 13.3 Å². The minimum absolute atomic E-state index is 0.191. The maximum absolute atomic E-state index is 9.84. The highest BCUT2D eigenvalue weighted by Crippen LogP contribution is 2.37. The van der Waals surface area contributed by atoms with Crippen molar-refractivity contribution < 1.29 is 19.1 Å². The standard InChI is InChI=1S/C12H13N3O4/c16-9-4-11-10(17-7-18-11)3-8(9)5-13-2-1-12-14-6-19-15-12/h3-4,6,13,16H,1-2,5,7H2. The van der Waals surface area contributed by atoms with Gasteiger partial charge in [-0.2, -0.15) is 4.98 Å². The number of aromatic hydroxyl groups is 1. The third-order valence-corrected chi connectivity index (χ3v) is 2.82. The maximum Gasteiger partial charge on any atom is 0.231 e. The fourth-order valence-electron chi connectivity index (χ4n) is 1.84. The second-order valence-corrected chi connectivity index (χ2v) is 4.11. The van der Waals surface area contributed by atoms with Crippen LogP contribution in [0.1, 0.15) is 11.4 Å². The smallest absolute Gasteiger partial charge is 0.231 e. The van der Waals surface area contributed by atoms with Gasteiger partial charge >= 0.3 is 0 Å². The SMILES string of the molecule is Oc1cc2c(cc1CNCCc1ncon1)OCO2. The summed E-state index contributed by atoms with van der Waals surface area (Å²) in [5.41, 5.74) is 0.761. The molecule has 0 fully saturated rings. The van der Waals surface area contributed by atoms with E-state index in [1.54, 1.807) is 12.1 Å². The summed E-state index contributed by atoms with van der Waals surface area (Å²) in [6, 6.07) is 3.34. The number of hydrogen-bond acceptors (Lipinski definition) is 7. The Labute approximate surface area is 109 Å². The van der Waals surface area contributed by atoms with Gasteiger partial charge < -0.3 is 24.4 Å². The van der Waals surface area contributed by atoms with Crippen molar-refractivity contribution in [2.45, 2.75) is 13.0 Å². The van der Waals surface area contributed by atoms with Crippen LogP contribution in [0.3, 0.4) is 0 Å². The molecular weight excluding hydrogens is 250 g/mol. The lowest BCUT2D eigenvalue weighted by Crippen LogP contribution is -2.17. The van der Waals surface area contributed by atoms with Crippen LogP contribution in [0.4, 0.5) is 0 Å². The van der Waals surface area contributed by atoms with Gasteiger partial charge in [0.15, 0.2) is 17.3 Å². The molecule has 2 N–H and O–H groups in total. The van der Waals surface area contributed by atoms with Gasteiger partial charge in [0, 0.05) is 31.1 Å². The molecular formula is C12H13N3O4. The Morgan fingerprint density at radius 2 is 2.11 bits per heavy atom. The molecule has 0 spiro atoms. The first-order valence-electron chi connectivity index (χ1n) is 5.90. The Kier molecular flexibility index (Phi) is 3.20. The maximum atomic E-state index is 9.84. The topological polar surface area (TPSA) is 89.6 Å². The normalized spacial score (nSPS) is 12.8. The molecule has 0 saturated heterocycles. The molecule has 0 aliphatic carbocycles. The van der Waals surface area contributed by atoms with Crippen LogP contribution in [0.15, 0.2) is 23.0 Å². The van der Waals surface area contributed by atoms with Crippen molar-refractivity contribution in [1.29, 1.82) is 0 Å². The van der Waals surface area contributed by atoms with Gasteiger partial charge in [-0.3, -0.25) is 0 Å². The third kappa shape index (κ3) is 2.60. The van der Waals surface area contributed by atoms with Crippen LogP contribution in [-0.2, 0) is 13.0 Å². The number of rotatable bonds is 5. The lowest BCUT2D eigenvalue weighted by molar-refractivity contribution is 0.174. The van der Waals surface area contributed by atoms with Crippen LogP contribution in [-0.4, -0.2) is 28.6 Å². The van der Waals surface area contributed by atoms with Crippen LogP contribution < -0.4 is 14.8 Å². The first kappa shape index (κ1) is 11.8. The second-order valence-electron chi connectivity index (χ2n) is 4.11. The molecule has 0 bridgehead atoms. The molecule has 0 radical (unpaired) electrons. The molecule has 0 amide bonds. The van der Waals surface area contributed by atoms with Gasteiger partial charge in [-0.05, 0) is 6.07 Å². The summed E-state index contributed by atoms with van der Waals surface area (Å²) in [5, 5.41) is 16.8. The number of benzene rings is 1. The summed E-state index contributed by atoms with van der Waals surface area (Å²) in [6.45, 7) is 1.41. The molecule has 1 aliphatic heterocycles. The number of ether oxygens (including phenoxy) is 2. The highest BCUT2D eigenvalue weighted by Gasteiger charge is 2.16. The van der Waals surface area contributed by atoms with Gasteiger partial charge in [-0.1, -0.05) is 5.16 Å². The van der Waals surface area contributed by atoms with Gasteiger partial charge in [0.25, 0.3) is 0 Å². The van der Waals surface area contributed by atoms with E-state index in [0.717, 1.165) is 5.56 Å². The van der Waals surface area contributed by atoms with E-state index in [1.165, 1.54) is 6.39 Å². The van der Waals surface area contributed by atoms with E-state index in [0.29, 0.717) is 36.8 Å². The molecule has 2 heterocycles. The van der Waals surface area contributed by atoms with E-state index in [4.69, 9.17) is 9.47 Å². The zero-order valence-electron chi connectivity index (χ0n) is 10.1. The Balaban J connectivity index is 1.55. The van der Waals surface area contributed by atoms with Crippen molar-refractivity contribution in [1.82, 2.24) is 15.5 Å². The zero-order chi connectivity index (χ0) is 13.1. The van der Waals surface area contributed by atoms with Crippen LogP contribution in [0.5, 0.6) is 17.2 Å². The average molecular weight is 263 g/mol. The molecule has 2 aromatic rings. The van der Waals surface area contributed by atoms with Crippen molar-refractivity contribution in [3.63, 3.8) is 0 Å². The molecule has 1 aliphatic rings. The summed E-state index contributed by atoms with van der Waals surface area (Å²) >= 11 is 0. The van der Waals surface area contributed by atoms with E-state index in [2.05, 4.69) is 20.0 Å². The van der Waals surface area contributed by atoms with E-state index in [1.807, 2.05) is 0 Å². The monoisotopic (exact) mass is 263 g/mol. The summed E-state index contributed by atoms with van der Waals surface area (Å²) in [5.74, 6) is 2.08. The number of phenolic OH excluding ortho intramolecular Hbond substituents is 1. The van der Waals surface area contributed by atoms with Gasteiger partial charge in [0.2, 0.25) is 13.2 Å². The van der Waals surface area contributed by atoms with Crippen LogP contribution in [0, 0.1) is 0 Å². The number of fused-ring (bicyclic) bond motifs is 1. The number of phenols is 1. The van der Waals surface area contributed by atoms with E-state index < -0.39 is 0 Å². The van der Waals surface area contributed by atoms with Crippen molar-refractivity contribution in [3.8, 4) is 17.2 Å². The van der Waals surface area contributed by atoms with E-state index in [-0.39, 0.29) is 12.5 Å².